The van der Waals surface area contributed by atoms with Gasteiger partial charge in [0.2, 0.25) is 0 Å². The van der Waals surface area contributed by atoms with E-state index in [0.29, 0.717) is 5.92 Å². The summed E-state index contributed by atoms with van der Waals surface area (Å²) < 4.78 is 1.07. The van der Waals surface area contributed by atoms with Crippen molar-refractivity contribution in [2.45, 2.75) is 25.7 Å². The van der Waals surface area contributed by atoms with Crippen molar-refractivity contribution in [3.63, 3.8) is 0 Å². The molecule has 0 atom stereocenters. The molecule has 1 fully saturated rings. The molecular formula is C14H18BrNO2. The number of carbonyl (C=O) groups is 1. The van der Waals surface area contributed by atoms with E-state index in [1.807, 2.05) is 24.3 Å². The van der Waals surface area contributed by atoms with Gasteiger partial charge in [0.05, 0.1) is 5.92 Å². The largest absolute Gasteiger partial charge is 0.481 e. The first-order valence-electron chi connectivity index (χ1n) is 6.38. The summed E-state index contributed by atoms with van der Waals surface area (Å²) in [4.78, 5) is 10.9. The van der Waals surface area contributed by atoms with E-state index in [1.54, 1.807) is 0 Å². The molecule has 0 spiro atoms. The summed E-state index contributed by atoms with van der Waals surface area (Å²) in [5.41, 5.74) is 1.11. The average molecular weight is 312 g/mol. The fourth-order valence-corrected chi connectivity index (χ4v) is 2.90. The zero-order chi connectivity index (χ0) is 13.0. The van der Waals surface area contributed by atoms with Crippen molar-refractivity contribution in [3.8, 4) is 0 Å². The number of hydrogen-bond donors (Lipinski definition) is 2. The van der Waals surface area contributed by atoms with Crippen LogP contribution in [-0.4, -0.2) is 17.6 Å². The molecule has 1 saturated carbocycles. The first-order valence-corrected chi connectivity index (χ1v) is 7.17. The lowest BCUT2D eigenvalue weighted by atomic mass is 9.82. The van der Waals surface area contributed by atoms with E-state index in [1.165, 1.54) is 0 Å². The number of carboxylic acids is 1. The Bertz CT molecular complexity index is 414. The lowest BCUT2D eigenvalue weighted by Crippen LogP contribution is -2.25. The maximum absolute atomic E-state index is 10.9. The van der Waals surface area contributed by atoms with Crippen molar-refractivity contribution in [1.82, 2.24) is 0 Å². The maximum atomic E-state index is 10.9. The first kappa shape index (κ1) is 13.4. The monoisotopic (exact) mass is 311 g/mol. The first-order chi connectivity index (χ1) is 8.66. The van der Waals surface area contributed by atoms with Crippen molar-refractivity contribution >= 4 is 27.6 Å². The van der Waals surface area contributed by atoms with E-state index < -0.39 is 5.97 Å². The highest BCUT2D eigenvalue weighted by molar-refractivity contribution is 9.10. The van der Waals surface area contributed by atoms with E-state index >= 15 is 0 Å². The number of rotatable bonds is 4. The van der Waals surface area contributed by atoms with Crippen LogP contribution in [0.1, 0.15) is 25.7 Å². The number of anilines is 1. The fourth-order valence-electron chi connectivity index (χ4n) is 2.47. The van der Waals surface area contributed by atoms with Crippen molar-refractivity contribution in [2.24, 2.45) is 11.8 Å². The van der Waals surface area contributed by atoms with Crippen LogP contribution in [0.15, 0.2) is 28.7 Å². The molecule has 2 rings (SSSR count). The number of nitrogens with one attached hydrogen (secondary N) is 1. The highest BCUT2D eigenvalue weighted by Gasteiger charge is 2.25. The summed E-state index contributed by atoms with van der Waals surface area (Å²) in [6.45, 7) is 0.926. The van der Waals surface area contributed by atoms with Gasteiger partial charge in [-0.05, 0) is 59.7 Å². The molecule has 0 aromatic heterocycles. The van der Waals surface area contributed by atoms with E-state index in [9.17, 15) is 4.79 Å². The standard InChI is InChI=1S/C14H18BrNO2/c15-12-3-1-2-4-13(12)16-9-10-5-7-11(8-6-10)14(17)18/h1-4,10-11,16H,5-9H2,(H,17,18). The zero-order valence-electron chi connectivity index (χ0n) is 10.2. The molecular weight excluding hydrogens is 294 g/mol. The second-order valence-corrected chi connectivity index (χ2v) is 5.77. The van der Waals surface area contributed by atoms with Gasteiger partial charge in [0.25, 0.3) is 0 Å². The van der Waals surface area contributed by atoms with Crippen LogP contribution in [0.4, 0.5) is 5.69 Å². The van der Waals surface area contributed by atoms with Crippen LogP contribution in [0.2, 0.25) is 0 Å². The van der Waals surface area contributed by atoms with Gasteiger partial charge < -0.3 is 10.4 Å². The van der Waals surface area contributed by atoms with Gasteiger partial charge in [-0.3, -0.25) is 4.79 Å². The molecule has 0 amide bonds. The van der Waals surface area contributed by atoms with Crippen LogP contribution >= 0.6 is 15.9 Å². The molecule has 0 unspecified atom stereocenters. The molecule has 1 aliphatic carbocycles. The number of para-hydroxylation sites is 1. The Kier molecular flexibility index (Phi) is 4.64. The van der Waals surface area contributed by atoms with Gasteiger partial charge in [0.1, 0.15) is 0 Å². The molecule has 1 aromatic carbocycles. The number of carboxylic acid groups (broad SMARTS) is 1. The molecule has 18 heavy (non-hydrogen) atoms. The predicted octanol–water partition coefficient (Wildman–Crippen LogP) is 3.75. The summed E-state index contributed by atoms with van der Waals surface area (Å²) in [5, 5.41) is 12.4. The molecule has 98 valence electrons. The van der Waals surface area contributed by atoms with Crippen molar-refractivity contribution < 1.29 is 9.90 Å². The Morgan fingerprint density at radius 2 is 1.94 bits per heavy atom. The number of benzene rings is 1. The van der Waals surface area contributed by atoms with Gasteiger partial charge in [0.15, 0.2) is 0 Å². The van der Waals surface area contributed by atoms with Gasteiger partial charge in [-0.1, -0.05) is 12.1 Å². The van der Waals surface area contributed by atoms with Crippen molar-refractivity contribution in [3.05, 3.63) is 28.7 Å². The molecule has 0 heterocycles. The number of aliphatic carboxylic acids is 1. The van der Waals surface area contributed by atoms with E-state index in [2.05, 4.69) is 21.2 Å². The smallest absolute Gasteiger partial charge is 0.306 e. The van der Waals surface area contributed by atoms with Gasteiger partial charge in [-0.25, -0.2) is 0 Å². The Hall–Kier alpha value is -1.03. The third kappa shape index (κ3) is 3.48. The van der Waals surface area contributed by atoms with Crippen LogP contribution < -0.4 is 5.32 Å². The molecule has 1 aliphatic rings. The van der Waals surface area contributed by atoms with Crippen molar-refractivity contribution in [1.29, 1.82) is 0 Å². The maximum Gasteiger partial charge on any atom is 0.306 e. The quantitative estimate of drug-likeness (QED) is 0.890. The molecule has 3 nitrogen and oxygen atoms in total. The van der Waals surface area contributed by atoms with Gasteiger partial charge >= 0.3 is 5.97 Å². The van der Waals surface area contributed by atoms with Crippen LogP contribution in [0.25, 0.3) is 0 Å². The number of hydrogen-bond acceptors (Lipinski definition) is 2. The molecule has 0 radical (unpaired) electrons. The minimum absolute atomic E-state index is 0.121. The third-order valence-electron chi connectivity index (χ3n) is 3.65. The molecule has 0 saturated heterocycles. The second kappa shape index (κ2) is 6.23. The molecule has 1 aromatic rings. The Morgan fingerprint density at radius 1 is 1.28 bits per heavy atom. The summed E-state index contributed by atoms with van der Waals surface area (Å²) in [5.74, 6) is -0.162. The van der Waals surface area contributed by atoms with Crippen LogP contribution in [-0.2, 0) is 4.79 Å². The van der Waals surface area contributed by atoms with Crippen LogP contribution in [0.3, 0.4) is 0 Å². The average Bonchev–Trinajstić information content (AvgIpc) is 2.38. The van der Waals surface area contributed by atoms with Gasteiger partial charge in [0, 0.05) is 16.7 Å². The molecule has 2 N–H and O–H groups in total. The van der Waals surface area contributed by atoms with E-state index in [4.69, 9.17) is 5.11 Å². The third-order valence-corrected chi connectivity index (χ3v) is 4.34. The summed E-state index contributed by atoms with van der Waals surface area (Å²) >= 11 is 3.51. The SMILES string of the molecule is O=C(O)C1CCC(CNc2ccccc2Br)CC1. The lowest BCUT2D eigenvalue weighted by Gasteiger charge is -2.26. The molecule has 4 heteroatoms. The molecule has 0 aliphatic heterocycles. The summed E-state index contributed by atoms with van der Waals surface area (Å²) in [7, 11) is 0. The Morgan fingerprint density at radius 3 is 2.56 bits per heavy atom. The minimum atomic E-state index is -0.632. The van der Waals surface area contributed by atoms with Gasteiger partial charge in [-0.15, -0.1) is 0 Å². The van der Waals surface area contributed by atoms with Crippen LogP contribution in [0, 0.1) is 11.8 Å². The van der Waals surface area contributed by atoms with E-state index in [0.717, 1.165) is 42.4 Å². The normalized spacial score (nSPS) is 23.6. The predicted molar refractivity (Wildman–Crippen MR) is 75.7 cm³/mol. The Balaban J connectivity index is 1.79. The zero-order valence-corrected chi connectivity index (χ0v) is 11.8. The fraction of sp³-hybridized carbons (Fsp3) is 0.500. The van der Waals surface area contributed by atoms with Crippen molar-refractivity contribution in [2.75, 3.05) is 11.9 Å². The summed E-state index contributed by atoms with van der Waals surface area (Å²) in [6, 6.07) is 8.07. The molecule has 0 bridgehead atoms. The lowest BCUT2D eigenvalue weighted by molar-refractivity contribution is -0.143. The highest BCUT2D eigenvalue weighted by Crippen LogP contribution is 2.30. The summed E-state index contributed by atoms with van der Waals surface area (Å²) in [6.07, 6.45) is 3.65. The number of halogens is 1. The minimum Gasteiger partial charge on any atom is -0.481 e. The van der Waals surface area contributed by atoms with Crippen LogP contribution in [0.5, 0.6) is 0 Å². The van der Waals surface area contributed by atoms with Gasteiger partial charge in [-0.2, -0.15) is 0 Å². The second-order valence-electron chi connectivity index (χ2n) is 4.92. The van der Waals surface area contributed by atoms with E-state index in [-0.39, 0.29) is 5.92 Å². The highest BCUT2D eigenvalue weighted by atomic mass is 79.9. The Labute approximate surface area is 116 Å². The topological polar surface area (TPSA) is 49.3 Å².